The van der Waals surface area contributed by atoms with Gasteiger partial charge in [0, 0.05) is 9.38 Å². The van der Waals surface area contributed by atoms with Crippen molar-refractivity contribution in [3.05, 3.63) is 39.9 Å². The van der Waals surface area contributed by atoms with Crippen molar-refractivity contribution in [3.8, 4) is 0 Å². The van der Waals surface area contributed by atoms with E-state index < -0.39 is 0 Å². The van der Waals surface area contributed by atoms with Gasteiger partial charge in [0.15, 0.2) is 0 Å². The smallest absolute Gasteiger partial charge is 0.337 e. The van der Waals surface area contributed by atoms with E-state index in [0.717, 1.165) is 16.5 Å². The molecule has 0 aromatic heterocycles. The molecule has 0 N–H and O–H groups in total. The maximum absolute atomic E-state index is 11.5. The molecule has 17 heavy (non-hydrogen) atoms. The van der Waals surface area contributed by atoms with Crippen LogP contribution in [0.3, 0.4) is 0 Å². The predicted octanol–water partition coefficient (Wildman–Crippen LogP) is 4.35. The average Bonchev–Trinajstić information content (AvgIpc) is 2.34. The van der Waals surface area contributed by atoms with Gasteiger partial charge in [-0.25, -0.2) is 4.79 Å². The Morgan fingerprint density at radius 1 is 1.41 bits per heavy atom. The molecule has 1 rings (SSSR count). The molecule has 0 spiro atoms. The molecule has 0 bridgehead atoms. The summed E-state index contributed by atoms with van der Waals surface area (Å²) in [4.78, 5) is 12.7. The normalized spacial score (nSPS) is 11.4. The van der Waals surface area contributed by atoms with Gasteiger partial charge in [-0.05, 0) is 36.4 Å². The SMILES string of the molecule is CC/C=C(\SC)c1cc(Br)cc(C(=O)OC)c1. The summed E-state index contributed by atoms with van der Waals surface area (Å²) < 4.78 is 5.61. The third kappa shape index (κ3) is 3.89. The Morgan fingerprint density at radius 2 is 2.06 bits per heavy atom. The molecule has 0 unspecified atom stereocenters. The van der Waals surface area contributed by atoms with Crippen LogP contribution in [0.1, 0.15) is 29.3 Å². The van der Waals surface area contributed by atoms with E-state index in [2.05, 4.69) is 28.9 Å². The van der Waals surface area contributed by atoms with E-state index in [9.17, 15) is 4.79 Å². The third-order valence-corrected chi connectivity index (χ3v) is 3.51. The van der Waals surface area contributed by atoms with Gasteiger partial charge in [-0.1, -0.05) is 28.9 Å². The van der Waals surface area contributed by atoms with Crippen LogP contribution in [0.4, 0.5) is 0 Å². The molecule has 0 amide bonds. The molecule has 0 fully saturated rings. The average molecular weight is 315 g/mol. The monoisotopic (exact) mass is 314 g/mol. The van der Waals surface area contributed by atoms with Crippen LogP contribution in [0.25, 0.3) is 4.91 Å². The Bertz CT molecular complexity index is 441. The van der Waals surface area contributed by atoms with Crippen molar-refractivity contribution in [2.24, 2.45) is 0 Å². The molecule has 92 valence electrons. The molecule has 0 saturated heterocycles. The second-order valence-corrected chi connectivity index (χ2v) is 5.16. The Kier molecular flexibility index (Phi) is 5.78. The first-order chi connectivity index (χ1) is 8.12. The van der Waals surface area contributed by atoms with Crippen LogP contribution < -0.4 is 0 Å². The Morgan fingerprint density at radius 3 is 2.59 bits per heavy atom. The molecular weight excluding hydrogens is 300 g/mol. The minimum atomic E-state index is -0.315. The second kappa shape index (κ2) is 6.87. The summed E-state index contributed by atoms with van der Waals surface area (Å²) in [5.41, 5.74) is 1.60. The Labute approximate surface area is 115 Å². The van der Waals surface area contributed by atoms with Gasteiger partial charge in [-0.3, -0.25) is 0 Å². The molecule has 2 nitrogen and oxygen atoms in total. The van der Waals surface area contributed by atoms with Crippen molar-refractivity contribution < 1.29 is 9.53 Å². The molecule has 0 aliphatic rings. The number of benzene rings is 1. The molecule has 0 saturated carbocycles. The lowest BCUT2D eigenvalue weighted by Crippen LogP contribution is -2.01. The zero-order valence-corrected chi connectivity index (χ0v) is 12.5. The number of hydrogen-bond acceptors (Lipinski definition) is 3. The number of halogens is 1. The number of allylic oxidation sites excluding steroid dienone is 1. The van der Waals surface area contributed by atoms with E-state index >= 15 is 0 Å². The first-order valence-electron chi connectivity index (χ1n) is 5.25. The Balaban J connectivity index is 3.21. The van der Waals surface area contributed by atoms with Crippen LogP contribution in [0.15, 0.2) is 28.7 Å². The number of ether oxygens (including phenoxy) is 1. The van der Waals surface area contributed by atoms with Crippen LogP contribution in [-0.4, -0.2) is 19.3 Å². The standard InChI is InChI=1S/C13H15BrO2S/c1-4-5-12(17-3)9-6-10(13(15)16-2)8-11(14)7-9/h5-8H,4H2,1-3H3/b12-5-. The zero-order valence-electron chi connectivity index (χ0n) is 10.1. The topological polar surface area (TPSA) is 26.3 Å². The molecular formula is C13H15BrO2S. The van der Waals surface area contributed by atoms with Gasteiger partial charge in [0.2, 0.25) is 0 Å². The van der Waals surface area contributed by atoms with E-state index in [1.807, 2.05) is 18.4 Å². The van der Waals surface area contributed by atoms with Gasteiger partial charge in [0.1, 0.15) is 0 Å². The van der Waals surface area contributed by atoms with Crippen molar-refractivity contribution in [2.75, 3.05) is 13.4 Å². The van der Waals surface area contributed by atoms with Crippen molar-refractivity contribution >= 4 is 38.6 Å². The molecule has 1 aromatic rings. The molecule has 0 atom stereocenters. The lowest BCUT2D eigenvalue weighted by atomic mass is 10.1. The van der Waals surface area contributed by atoms with E-state index in [1.54, 1.807) is 17.8 Å². The van der Waals surface area contributed by atoms with Crippen LogP contribution in [0.2, 0.25) is 0 Å². The van der Waals surface area contributed by atoms with E-state index in [1.165, 1.54) is 12.0 Å². The maximum Gasteiger partial charge on any atom is 0.337 e. The van der Waals surface area contributed by atoms with Gasteiger partial charge in [-0.15, -0.1) is 11.8 Å². The van der Waals surface area contributed by atoms with E-state index in [-0.39, 0.29) is 5.97 Å². The number of thioether (sulfide) groups is 1. The second-order valence-electron chi connectivity index (χ2n) is 3.40. The molecule has 4 heteroatoms. The van der Waals surface area contributed by atoms with Crippen molar-refractivity contribution in [1.29, 1.82) is 0 Å². The highest BCUT2D eigenvalue weighted by molar-refractivity contribution is 9.10. The van der Waals surface area contributed by atoms with Gasteiger partial charge in [0.05, 0.1) is 12.7 Å². The van der Waals surface area contributed by atoms with Crippen molar-refractivity contribution in [2.45, 2.75) is 13.3 Å². The molecule has 0 radical (unpaired) electrons. The quantitative estimate of drug-likeness (QED) is 0.773. The summed E-state index contributed by atoms with van der Waals surface area (Å²) in [5.74, 6) is -0.315. The maximum atomic E-state index is 11.5. The number of hydrogen-bond donors (Lipinski definition) is 0. The van der Waals surface area contributed by atoms with Crippen LogP contribution in [-0.2, 0) is 4.74 Å². The van der Waals surface area contributed by atoms with Gasteiger partial charge >= 0.3 is 5.97 Å². The van der Waals surface area contributed by atoms with Gasteiger partial charge in [0.25, 0.3) is 0 Å². The first-order valence-corrected chi connectivity index (χ1v) is 7.27. The summed E-state index contributed by atoms with van der Waals surface area (Å²) in [6.07, 6.45) is 5.14. The van der Waals surface area contributed by atoms with Crippen LogP contribution in [0, 0.1) is 0 Å². The Hall–Kier alpha value is -0.740. The zero-order chi connectivity index (χ0) is 12.8. The summed E-state index contributed by atoms with van der Waals surface area (Å²) in [7, 11) is 1.39. The van der Waals surface area contributed by atoms with Crippen LogP contribution >= 0.6 is 27.7 Å². The predicted molar refractivity (Wildman–Crippen MR) is 77.3 cm³/mol. The number of esters is 1. The highest BCUT2D eigenvalue weighted by Crippen LogP contribution is 2.29. The molecule has 1 aromatic carbocycles. The lowest BCUT2D eigenvalue weighted by molar-refractivity contribution is 0.0600. The fourth-order valence-corrected chi connectivity index (χ4v) is 2.65. The fraction of sp³-hybridized carbons (Fsp3) is 0.308. The van der Waals surface area contributed by atoms with Crippen molar-refractivity contribution in [1.82, 2.24) is 0 Å². The molecule has 0 aliphatic carbocycles. The first kappa shape index (κ1) is 14.3. The number of carbonyl (C=O) groups is 1. The van der Waals surface area contributed by atoms with Crippen molar-refractivity contribution in [3.63, 3.8) is 0 Å². The van der Waals surface area contributed by atoms with Gasteiger partial charge in [-0.2, -0.15) is 0 Å². The molecule has 0 heterocycles. The highest BCUT2D eigenvalue weighted by atomic mass is 79.9. The summed E-state index contributed by atoms with van der Waals surface area (Å²) in [6.45, 7) is 2.09. The highest BCUT2D eigenvalue weighted by Gasteiger charge is 2.09. The van der Waals surface area contributed by atoms with E-state index in [4.69, 9.17) is 4.74 Å². The molecule has 0 aliphatic heterocycles. The van der Waals surface area contributed by atoms with Gasteiger partial charge < -0.3 is 4.74 Å². The summed E-state index contributed by atoms with van der Waals surface area (Å²) in [6, 6.07) is 5.62. The number of methoxy groups -OCH3 is 1. The number of carbonyl (C=O) groups excluding carboxylic acids is 1. The van der Waals surface area contributed by atoms with Crippen LogP contribution in [0.5, 0.6) is 0 Å². The minimum absolute atomic E-state index is 0.315. The largest absolute Gasteiger partial charge is 0.465 e. The summed E-state index contributed by atoms with van der Waals surface area (Å²) >= 11 is 5.09. The lowest BCUT2D eigenvalue weighted by Gasteiger charge is -2.07. The minimum Gasteiger partial charge on any atom is -0.465 e. The van der Waals surface area contributed by atoms with E-state index in [0.29, 0.717) is 5.56 Å². The third-order valence-electron chi connectivity index (χ3n) is 2.21. The summed E-state index contributed by atoms with van der Waals surface area (Å²) in [5, 5.41) is 0. The number of rotatable bonds is 4. The fourth-order valence-electron chi connectivity index (χ4n) is 1.47.